The Labute approximate surface area is 171 Å². The number of carbonyl (C=O) groups excluding carboxylic acids is 1. The number of anilines is 3. The molecule has 0 bridgehead atoms. The molecule has 1 aliphatic rings. The molecule has 3 aromatic rings. The standard InChI is InChI=1S/C23H25N5O/c29-23(27-19-9-11-20(12-10-19)28-13-5-2-6-14-28)21-16-26-22(17-24-21)25-15-18-7-3-1-4-8-18/h1,3-4,7-12,16-17H,2,5-6,13-15H2,(H,25,26)(H,27,29). The molecule has 0 spiro atoms. The lowest BCUT2D eigenvalue weighted by Crippen LogP contribution is -2.29. The van der Waals surface area contributed by atoms with Gasteiger partial charge in [-0.25, -0.2) is 9.97 Å². The van der Waals surface area contributed by atoms with Crippen molar-refractivity contribution in [2.75, 3.05) is 28.6 Å². The van der Waals surface area contributed by atoms with Gasteiger partial charge in [0.1, 0.15) is 11.5 Å². The number of piperidine rings is 1. The minimum atomic E-state index is -0.266. The van der Waals surface area contributed by atoms with E-state index in [1.165, 1.54) is 31.1 Å². The summed E-state index contributed by atoms with van der Waals surface area (Å²) in [5.41, 5.74) is 3.40. The number of benzene rings is 2. The molecule has 2 heterocycles. The third-order valence-corrected chi connectivity index (χ3v) is 5.05. The summed E-state index contributed by atoms with van der Waals surface area (Å²) in [4.78, 5) is 23.4. The number of amides is 1. The lowest BCUT2D eigenvalue weighted by atomic mass is 10.1. The van der Waals surface area contributed by atoms with E-state index in [9.17, 15) is 4.79 Å². The first kappa shape index (κ1) is 18.9. The van der Waals surface area contributed by atoms with Crippen LogP contribution in [0.2, 0.25) is 0 Å². The summed E-state index contributed by atoms with van der Waals surface area (Å²) in [6.07, 6.45) is 6.87. The Bertz CT molecular complexity index is 920. The summed E-state index contributed by atoms with van der Waals surface area (Å²) in [6, 6.07) is 18.0. The van der Waals surface area contributed by atoms with Crippen molar-refractivity contribution in [3.8, 4) is 0 Å². The van der Waals surface area contributed by atoms with Crippen LogP contribution in [0, 0.1) is 0 Å². The van der Waals surface area contributed by atoms with E-state index in [0.717, 1.165) is 24.3 Å². The molecule has 0 radical (unpaired) electrons. The van der Waals surface area contributed by atoms with Crippen LogP contribution in [0.15, 0.2) is 67.0 Å². The van der Waals surface area contributed by atoms with E-state index in [1.54, 1.807) is 6.20 Å². The lowest BCUT2D eigenvalue weighted by molar-refractivity contribution is 0.102. The maximum atomic E-state index is 12.4. The normalized spacial score (nSPS) is 13.7. The van der Waals surface area contributed by atoms with Crippen LogP contribution < -0.4 is 15.5 Å². The molecule has 2 N–H and O–H groups in total. The van der Waals surface area contributed by atoms with Crippen LogP contribution in [0.25, 0.3) is 0 Å². The molecule has 1 fully saturated rings. The minimum Gasteiger partial charge on any atom is -0.372 e. The second-order valence-corrected chi connectivity index (χ2v) is 7.17. The molecule has 0 aliphatic carbocycles. The zero-order valence-corrected chi connectivity index (χ0v) is 16.3. The van der Waals surface area contributed by atoms with Crippen LogP contribution in [0.5, 0.6) is 0 Å². The number of carbonyl (C=O) groups is 1. The molecule has 29 heavy (non-hydrogen) atoms. The van der Waals surface area contributed by atoms with Gasteiger partial charge in [0.25, 0.3) is 5.91 Å². The Kier molecular flexibility index (Phi) is 6.00. The highest BCUT2D eigenvalue weighted by atomic mass is 16.1. The summed E-state index contributed by atoms with van der Waals surface area (Å²) >= 11 is 0. The van der Waals surface area contributed by atoms with E-state index in [-0.39, 0.29) is 11.6 Å². The van der Waals surface area contributed by atoms with Gasteiger partial charge in [-0.1, -0.05) is 30.3 Å². The second-order valence-electron chi connectivity index (χ2n) is 7.17. The number of nitrogens with zero attached hydrogens (tertiary/aromatic N) is 3. The van der Waals surface area contributed by atoms with Crippen LogP contribution in [0.1, 0.15) is 35.3 Å². The minimum absolute atomic E-state index is 0.266. The first-order valence-corrected chi connectivity index (χ1v) is 10.0. The van der Waals surface area contributed by atoms with Crippen molar-refractivity contribution in [1.82, 2.24) is 9.97 Å². The van der Waals surface area contributed by atoms with Gasteiger partial charge in [-0.2, -0.15) is 0 Å². The summed E-state index contributed by atoms with van der Waals surface area (Å²) in [5.74, 6) is 0.370. The van der Waals surface area contributed by atoms with Crippen molar-refractivity contribution >= 4 is 23.1 Å². The van der Waals surface area contributed by atoms with E-state index in [1.807, 2.05) is 42.5 Å². The third kappa shape index (κ3) is 5.10. The Hall–Kier alpha value is -3.41. The van der Waals surface area contributed by atoms with Crippen molar-refractivity contribution in [3.63, 3.8) is 0 Å². The maximum absolute atomic E-state index is 12.4. The van der Waals surface area contributed by atoms with Crippen molar-refractivity contribution in [3.05, 3.63) is 78.2 Å². The fourth-order valence-corrected chi connectivity index (χ4v) is 3.43. The van der Waals surface area contributed by atoms with Gasteiger partial charge in [0, 0.05) is 31.0 Å². The monoisotopic (exact) mass is 387 g/mol. The molecule has 1 aliphatic heterocycles. The largest absolute Gasteiger partial charge is 0.372 e. The van der Waals surface area contributed by atoms with Crippen LogP contribution in [-0.2, 0) is 6.54 Å². The average molecular weight is 387 g/mol. The van der Waals surface area contributed by atoms with Gasteiger partial charge in [0.2, 0.25) is 0 Å². The molecule has 1 amide bonds. The molecule has 4 rings (SSSR count). The molecule has 6 nitrogen and oxygen atoms in total. The van der Waals surface area contributed by atoms with E-state index in [2.05, 4.69) is 37.6 Å². The van der Waals surface area contributed by atoms with Gasteiger partial charge >= 0.3 is 0 Å². The Morgan fingerprint density at radius 1 is 0.897 bits per heavy atom. The molecule has 0 saturated carbocycles. The predicted octanol–water partition coefficient (Wildman–Crippen LogP) is 4.33. The molecular weight excluding hydrogens is 362 g/mol. The number of hydrogen-bond acceptors (Lipinski definition) is 5. The van der Waals surface area contributed by atoms with Crippen LogP contribution in [0.4, 0.5) is 17.2 Å². The first-order chi connectivity index (χ1) is 14.3. The number of nitrogens with one attached hydrogen (secondary N) is 2. The first-order valence-electron chi connectivity index (χ1n) is 10.0. The quantitative estimate of drug-likeness (QED) is 0.659. The van der Waals surface area contributed by atoms with Gasteiger partial charge in [-0.3, -0.25) is 4.79 Å². The number of aromatic nitrogens is 2. The highest BCUT2D eigenvalue weighted by Gasteiger charge is 2.12. The van der Waals surface area contributed by atoms with E-state index in [0.29, 0.717) is 12.4 Å². The maximum Gasteiger partial charge on any atom is 0.275 e. The topological polar surface area (TPSA) is 70.2 Å². The summed E-state index contributed by atoms with van der Waals surface area (Å²) in [5, 5.41) is 6.09. The molecule has 0 atom stereocenters. The van der Waals surface area contributed by atoms with Crippen LogP contribution in [-0.4, -0.2) is 29.0 Å². The van der Waals surface area contributed by atoms with E-state index < -0.39 is 0 Å². The zero-order valence-electron chi connectivity index (χ0n) is 16.3. The fourth-order valence-electron chi connectivity index (χ4n) is 3.43. The van der Waals surface area contributed by atoms with E-state index >= 15 is 0 Å². The third-order valence-electron chi connectivity index (χ3n) is 5.05. The molecule has 1 saturated heterocycles. The zero-order chi connectivity index (χ0) is 19.9. The Morgan fingerprint density at radius 2 is 1.66 bits per heavy atom. The highest BCUT2D eigenvalue weighted by Crippen LogP contribution is 2.22. The number of rotatable bonds is 6. The Morgan fingerprint density at radius 3 is 2.34 bits per heavy atom. The molecule has 0 unspecified atom stereocenters. The van der Waals surface area contributed by atoms with Crippen LogP contribution >= 0.6 is 0 Å². The van der Waals surface area contributed by atoms with Crippen molar-refractivity contribution in [2.45, 2.75) is 25.8 Å². The van der Waals surface area contributed by atoms with Gasteiger partial charge in [-0.05, 0) is 49.1 Å². The predicted molar refractivity (Wildman–Crippen MR) is 116 cm³/mol. The van der Waals surface area contributed by atoms with Gasteiger partial charge < -0.3 is 15.5 Å². The van der Waals surface area contributed by atoms with Crippen molar-refractivity contribution in [1.29, 1.82) is 0 Å². The SMILES string of the molecule is O=C(Nc1ccc(N2CCCCC2)cc1)c1cnc(NCc2ccccc2)cn1. The van der Waals surface area contributed by atoms with Gasteiger partial charge in [0.05, 0.1) is 12.4 Å². The van der Waals surface area contributed by atoms with E-state index in [4.69, 9.17) is 0 Å². The van der Waals surface area contributed by atoms with Crippen molar-refractivity contribution in [2.24, 2.45) is 0 Å². The second kappa shape index (κ2) is 9.19. The smallest absolute Gasteiger partial charge is 0.275 e. The Balaban J connectivity index is 1.32. The van der Waals surface area contributed by atoms with Gasteiger partial charge in [-0.15, -0.1) is 0 Å². The van der Waals surface area contributed by atoms with Crippen LogP contribution in [0.3, 0.4) is 0 Å². The molecule has 1 aromatic heterocycles. The lowest BCUT2D eigenvalue weighted by Gasteiger charge is -2.28. The average Bonchev–Trinajstić information content (AvgIpc) is 2.80. The molecule has 6 heteroatoms. The fraction of sp³-hybridized carbons (Fsp3) is 0.261. The highest BCUT2D eigenvalue weighted by molar-refractivity contribution is 6.02. The van der Waals surface area contributed by atoms with Crippen molar-refractivity contribution < 1.29 is 4.79 Å². The van der Waals surface area contributed by atoms with Gasteiger partial charge in [0.15, 0.2) is 0 Å². The number of hydrogen-bond donors (Lipinski definition) is 2. The molecule has 2 aromatic carbocycles. The molecule has 148 valence electrons. The summed E-state index contributed by atoms with van der Waals surface area (Å²) in [6.45, 7) is 2.86. The summed E-state index contributed by atoms with van der Waals surface area (Å²) < 4.78 is 0. The summed E-state index contributed by atoms with van der Waals surface area (Å²) in [7, 11) is 0. The molecular formula is C23H25N5O.